The average molecular weight is 419 g/mol. The molecule has 3 aromatic heterocycles. The van der Waals surface area contributed by atoms with Crippen LogP contribution in [0.3, 0.4) is 0 Å². The molecule has 8 nitrogen and oxygen atoms in total. The highest BCUT2D eigenvalue weighted by Crippen LogP contribution is 2.33. The van der Waals surface area contributed by atoms with E-state index >= 15 is 0 Å². The molecule has 3 N–H and O–H groups in total. The summed E-state index contributed by atoms with van der Waals surface area (Å²) >= 11 is 1.59. The largest absolute Gasteiger partial charge is 0.393 e. The van der Waals surface area contributed by atoms with Crippen molar-refractivity contribution < 1.29 is 0 Å². The number of thiazole rings is 1. The molecule has 1 saturated heterocycles. The van der Waals surface area contributed by atoms with E-state index < -0.39 is 0 Å². The van der Waals surface area contributed by atoms with Gasteiger partial charge in [-0.25, -0.2) is 19.9 Å². The second-order valence-electron chi connectivity index (χ2n) is 7.24. The Hall–Kier alpha value is -3.46. The Morgan fingerprint density at radius 1 is 1.00 bits per heavy atom. The number of nitrogen functional groups attached to an aromatic ring is 1. The summed E-state index contributed by atoms with van der Waals surface area (Å²) in [5.41, 5.74) is 9.17. The van der Waals surface area contributed by atoms with Crippen LogP contribution in [0.15, 0.2) is 48.9 Å². The van der Waals surface area contributed by atoms with Crippen molar-refractivity contribution in [3.8, 4) is 0 Å². The van der Waals surface area contributed by atoms with Gasteiger partial charge in [-0.05, 0) is 36.8 Å². The number of hydrogen-bond donors (Lipinski definition) is 2. The van der Waals surface area contributed by atoms with Crippen LogP contribution >= 0.6 is 11.3 Å². The Balaban J connectivity index is 1.33. The zero-order valence-corrected chi connectivity index (χ0v) is 17.4. The molecule has 1 fully saturated rings. The van der Waals surface area contributed by atoms with Gasteiger partial charge in [-0.2, -0.15) is 0 Å². The van der Waals surface area contributed by atoms with E-state index in [9.17, 15) is 0 Å². The highest BCUT2D eigenvalue weighted by atomic mass is 32.1. The lowest BCUT2D eigenvalue weighted by molar-refractivity contribution is 0.642. The maximum Gasteiger partial charge on any atom is 0.189 e. The number of aryl methyl sites for hydroxylation is 1. The van der Waals surface area contributed by atoms with E-state index in [4.69, 9.17) is 5.73 Å². The maximum atomic E-state index is 6.45. The Kier molecular flexibility index (Phi) is 4.80. The molecule has 0 spiro atoms. The molecule has 1 aliphatic heterocycles. The molecule has 0 aliphatic carbocycles. The van der Waals surface area contributed by atoms with Crippen LogP contribution < -0.4 is 20.9 Å². The van der Waals surface area contributed by atoms with Crippen LogP contribution in [-0.4, -0.2) is 46.1 Å². The van der Waals surface area contributed by atoms with Crippen molar-refractivity contribution in [3.63, 3.8) is 0 Å². The molecule has 30 heavy (non-hydrogen) atoms. The number of piperazine rings is 1. The van der Waals surface area contributed by atoms with Crippen molar-refractivity contribution in [2.75, 3.05) is 47.0 Å². The van der Waals surface area contributed by atoms with Crippen LogP contribution in [0.2, 0.25) is 0 Å². The first kappa shape index (κ1) is 18.6. The second-order valence-corrected chi connectivity index (χ2v) is 8.27. The molecular formula is C21H22N8S. The number of anilines is 5. The van der Waals surface area contributed by atoms with Crippen molar-refractivity contribution in [2.24, 2.45) is 0 Å². The summed E-state index contributed by atoms with van der Waals surface area (Å²) in [5, 5.41) is 4.05. The molecule has 5 rings (SSSR count). The number of nitrogens with one attached hydrogen (secondary N) is 1. The number of nitrogens with zero attached hydrogens (tertiary/aromatic N) is 6. The van der Waals surface area contributed by atoms with Crippen LogP contribution in [0.4, 0.5) is 28.3 Å². The van der Waals surface area contributed by atoms with E-state index in [-0.39, 0.29) is 0 Å². The lowest BCUT2D eigenvalue weighted by atomic mass is 10.2. The minimum Gasteiger partial charge on any atom is -0.393 e. The van der Waals surface area contributed by atoms with Gasteiger partial charge in [0.1, 0.15) is 17.8 Å². The first-order valence-corrected chi connectivity index (χ1v) is 10.6. The van der Waals surface area contributed by atoms with E-state index in [0.717, 1.165) is 53.2 Å². The third-order valence-electron chi connectivity index (χ3n) is 5.18. The SMILES string of the molecule is Cc1ccc2nc(Nc3ncnc(N4CCN(c5ccccn5)CC4)c3N)sc2c1. The molecule has 1 aliphatic rings. The minimum absolute atomic E-state index is 0.541. The number of benzene rings is 1. The summed E-state index contributed by atoms with van der Waals surface area (Å²) in [5.74, 6) is 2.34. The Morgan fingerprint density at radius 3 is 2.63 bits per heavy atom. The van der Waals surface area contributed by atoms with Gasteiger partial charge in [0, 0.05) is 32.4 Å². The fourth-order valence-electron chi connectivity index (χ4n) is 3.61. The summed E-state index contributed by atoms with van der Waals surface area (Å²) in [4.78, 5) is 22.4. The van der Waals surface area contributed by atoms with E-state index in [2.05, 4.69) is 54.1 Å². The molecule has 0 atom stereocenters. The van der Waals surface area contributed by atoms with Gasteiger partial charge in [0.05, 0.1) is 10.2 Å². The third kappa shape index (κ3) is 3.59. The molecule has 0 unspecified atom stereocenters. The van der Waals surface area contributed by atoms with Crippen molar-refractivity contribution >= 4 is 49.8 Å². The Bertz CT molecular complexity index is 1170. The number of nitrogens with two attached hydrogens (primary N) is 1. The van der Waals surface area contributed by atoms with Gasteiger partial charge in [0.25, 0.3) is 0 Å². The number of pyridine rings is 1. The monoisotopic (exact) mass is 418 g/mol. The van der Waals surface area contributed by atoms with Crippen molar-refractivity contribution in [1.29, 1.82) is 0 Å². The lowest BCUT2D eigenvalue weighted by Crippen LogP contribution is -2.47. The van der Waals surface area contributed by atoms with Gasteiger partial charge < -0.3 is 20.9 Å². The second kappa shape index (κ2) is 7.75. The van der Waals surface area contributed by atoms with Gasteiger partial charge in [-0.3, -0.25) is 0 Å². The third-order valence-corrected chi connectivity index (χ3v) is 6.12. The summed E-state index contributed by atoms with van der Waals surface area (Å²) in [6.45, 7) is 5.44. The maximum absolute atomic E-state index is 6.45. The zero-order chi connectivity index (χ0) is 20.5. The summed E-state index contributed by atoms with van der Waals surface area (Å²) < 4.78 is 1.14. The number of hydrogen-bond acceptors (Lipinski definition) is 9. The Labute approximate surface area is 178 Å². The predicted octanol–water partition coefficient (Wildman–Crippen LogP) is 3.44. The van der Waals surface area contributed by atoms with Gasteiger partial charge in [-0.15, -0.1) is 0 Å². The van der Waals surface area contributed by atoms with Crippen molar-refractivity contribution in [3.05, 3.63) is 54.5 Å². The fraction of sp³-hybridized carbons (Fsp3) is 0.238. The standard InChI is InChI=1S/C21H22N8S/c1-14-5-6-15-16(12-14)30-21(26-15)27-19-18(22)20(25-13-24-19)29-10-8-28(9-11-29)17-4-2-3-7-23-17/h2-7,12-13H,8-11,22H2,1H3,(H,24,25,26,27). The van der Waals surface area contributed by atoms with Crippen molar-refractivity contribution in [2.45, 2.75) is 6.92 Å². The summed E-state index contributed by atoms with van der Waals surface area (Å²) in [6.07, 6.45) is 3.38. The van der Waals surface area contributed by atoms with E-state index in [1.54, 1.807) is 17.7 Å². The molecule has 4 heterocycles. The molecule has 9 heteroatoms. The van der Waals surface area contributed by atoms with Gasteiger partial charge in [0.2, 0.25) is 0 Å². The summed E-state index contributed by atoms with van der Waals surface area (Å²) in [6, 6.07) is 12.2. The fourth-order valence-corrected chi connectivity index (χ4v) is 4.58. The summed E-state index contributed by atoms with van der Waals surface area (Å²) in [7, 11) is 0. The van der Waals surface area contributed by atoms with Gasteiger partial charge in [0.15, 0.2) is 16.8 Å². The van der Waals surface area contributed by atoms with Gasteiger partial charge >= 0.3 is 0 Å². The topological polar surface area (TPSA) is 96.1 Å². The molecule has 0 radical (unpaired) electrons. The molecular weight excluding hydrogens is 396 g/mol. The highest BCUT2D eigenvalue weighted by molar-refractivity contribution is 7.22. The molecule has 0 bridgehead atoms. The number of rotatable bonds is 4. The molecule has 1 aromatic carbocycles. The lowest BCUT2D eigenvalue weighted by Gasteiger charge is -2.36. The highest BCUT2D eigenvalue weighted by Gasteiger charge is 2.22. The van der Waals surface area contributed by atoms with E-state index in [1.807, 2.05) is 30.5 Å². The smallest absolute Gasteiger partial charge is 0.189 e. The average Bonchev–Trinajstić information content (AvgIpc) is 3.17. The van der Waals surface area contributed by atoms with E-state index in [1.165, 1.54) is 5.56 Å². The van der Waals surface area contributed by atoms with Crippen LogP contribution in [0.5, 0.6) is 0 Å². The van der Waals surface area contributed by atoms with Crippen LogP contribution in [0, 0.1) is 6.92 Å². The predicted molar refractivity (Wildman–Crippen MR) is 123 cm³/mol. The van der Waals surface area contributed by atoms with Crippen LogP contribution in [0.1, 0.15) is 5.56 Å². The first-order valence-electron chi connectivity index (χ1n) is 9.83. The minimum atomic E-state index is 0.541. The molecule has 0 amide bonds. The van der Waals surface area contributed by atoms with E-state index in [0.29, 0.717) is 11.5 Å². The number of fused-ring (bicyclic) bond motifs is 1. The molecule has 4 aromatic rings. The van der Waals surface area contributed by atoms with Crippen LogP contribution in [0.25, 0.3) is 10.2 Å². The normalized spacial score (nSPS) is 14.3. The van der Waals surface area contributed by atoms with Crippen molar-refractivity contribution in [1.82, 2.24) is 19.9 Å². The van der Waals surface area contributed by atoms with Gasteiger partial charge in [-0.1, -0.05) is 23.5 Å². The first-order chi connectivity index (χ1) is 14.7. The van der Waals surface area contributed by atoms with Crippen LogP contribution in [-0.2, 0) is 0 Å². The number of aromatic nitrogens is 4. The Morgan fingerprint density at radius 2 is 1.83 bits per heavy atom. The molecule has 152 valence electrons. The molecule has 0 saturated carbocycles. The quantitative estimate of drug-likeness (QED) is 0.520. The zero-order valence-electron chi connectivity index (χ0n) is 16.6.